The van der Waals surface area contributed by atoms with E-state index in [2.05, 4.69) is 10.3 Å². The first-order valence-corrected chi connectivity index (χ1v) is 5.69. The molecule has 1 aromatic heterocycles. The van der Waals surface area contributed by atoms with Crippen LogP contribution in [-0.4, -0.2) is 27.1 Å². The Morgan fingerprint density at radius 1 is 1.50 bits per heavy atom. The van der Waals surface area contributed by atoms with Gasteiger partial charge in [-0.3, -0.25) is 4.79 Å². The van der Waals surface area contributed by atoms with E-state index in [9.17, 15) is 9.90 Å². The highest BCUT2D eigenvalue weighted by Gasteiger charge is 2.05. The molecule has 1 amide bonds. The van der Waals surface area contributed by atoms with Crippen molar-refractivity contribution in [2.75, 3.05) is 6.54 Å². The first-order valence-electron chi connectivity index (χ1n) is 5.69. The van der Waals surface area contributed by atoms with Gasteiger partial charge in [-0.15, -0.1) is 0 Å². The molecule has 0 aliphatic heterocycles. The minimum absolute atomic E-state index is 0.0902. The molecule has 0 aliphatic carbocycles. The maximum absolute atomic E-state index is 11.7. The summed E-state index contributed by atoms with van der Waals surface area (Å²) in [6.45, 7) is 0.519. The predicted octanol–water partition coefficient (Wildman–Crippen LogP) is 1.10. The molecule has 0 radical (unpaired) electrons. The van der Waals surface area contributed by atoms with Crippen LogP contribution in [0.15, 0.2) is 36.8 Å². The molecule has 94 valence electrons. The van der Waals surface area contributed by atoms with E-state index in [-0.39, 0.29) is 11.7 Å². The Hall–Kier alpha value is -2.30. The fourth-order valence-electron chi connectivity index (χ4n) is 1.65. The first-order chi connectivity index (χ1) is 8.65. The molecule has 5 heteroatoms. The molecule has 0 fully saturated rings. The molecule has 0 aliphatic rings. The Morgan fingerprint density at radius 2 is 2.33 bits per heavy atom. The van der Waals surface area contributed by atoms with Crippen LogP contribution in [0, 0.1) is 0 Å². The molecule has 2 N–H and O–H groups in total. The van der Waals surface area contributed by atoms with Gasteiger partial charge in [0, 0.05) is 31.8 Å². The first kappa shape index (κ1) is 12.2. The fourth-order valence-corrected chi connectivity index (χ4v) is 1.65. The van der Waals surface area contributed by atoms with Crippen molar-refractivity contribution in [3.05, 3.63) is 48.0 Å². The van der Waals surface area contributed by atoms with Crippen LogP contribution in [0.1, 0.15) is 16.1 Å². The van der Waals surface area contributed by atoms with Crippen molar-refractivity contribution in [2.24, 2.45) is 7.05 Å². The Labute approximate surface area is 105 Å². The number of aromatic nitrogens is 2. The van der Waals surface area contributed by atoms with Crippen LogP contribution in [0.25, 0.3) is 0 Å². The quantitative estimate of drug-likeness (QED) is 0.847. The van der Waals surface area contributed by atoms with E-state index in [1.165, 1.54) is 12.1 Å². The Morgan fingerprint density at radius 3 is 3.00 bits per heavy atom. The van der Waals surface area contributed by atoms with Crippen LogP contribution in [0.2, 0.25) is 0 Å². The number of hydrogen-bond acceptors (Lipinski definition) is 3. The van der Waals surface area contributed by atoms with Crippen molar-refractivity contribution < 1.29 is 9.90 Å². The lowest BCUT2D eigenvalue weighted by molar-refractivity contribution is 0.0953. The number of aromatic hydroxyl groups is 1. The molecule has 2 aromatic rings. The minimum atomic E-state index is -0.193. The van der Waals surface area contributed by atoms with Crippen molar-refractivity contribution in [3.8, 4) is 5.75 Å². The lowest BCUT2D eigenvalue weighted by Crippen LogP contribution is -2.25. The summed E-state index contributed by atoms with van der Waals surface area (Å²) in [5.41, 5.74) is 1.39. The zero-order valence-corrected chi connectivity index (χ0v) is 10.1. The van der Waals surface area contributed by atoms with Gasteiger partial charge in [-0.2, -0.15) is 0 Å². The summed E-state index contributed by atoms with van der Waals surface area (Å²) in [5.74, 6) is -0.103. The summed E-state index contributed by atoms with van der Waals surface area (Å²) < 4.78 is 1.87. The van der Waals surface area contributed by atoms with Crippen molar-refractivity contribution in [2.45, 2.75) is 6.42 Å². The van der Waals surface area contributed by atoms with Crippen LogP contribution in [0.4, 0.5) is 0 Å². The van der Waals surface area contributed by atoms with Gasteiger partial charge in [0.25, 0.3) is 5.91 Å². The number of carbonyl (C=O) groups is 1. The smallest absolute Gasteiger partial charge is 0.251 e. The van der Waals surface area contributed by atoms with Crippen LogP contribution in [0.3, 0.4) is 0 Å². The van der Waals surface area contributed by atoms with Gasteiger partial charge < -0.3 is 15.0 Å². The SMILES string of the molecule is Cn1cnc(CCNC(=O)c2cccc(O)c2)c1. The molecule has 0 atom stereocenters. The number of phenols is 1. The average Bonchev–Trinajstić information content (AvgIpc) is 2.75. The van der Waals surface area contributed by atoms with Gasteiger partial charge >= 0.3 is 0 Å². The Balaban J connectivity index is 1.85. The zero-order chi connectivity index (χ0) is 13.0. The number of phenolic OH excluding ortho intramolecular Hbond substituents is 1. The summed E-state index contributed by atoms with van der Waals surface area (Å²) in [5, 5.41) is 12.1. The molecule has 18 heavy (non-hydrogen) atoms. The lowest BCUT2D eigenvalue weighted by Gasteiger charge is -2.04. The summed E-state index contributed by atoms with van der Waals surface area (Å²) in [4.78, 5) is 15.9. The maximum atomic E-state index is 11.7. The number of carbonyl (C=O) groups excluding carboxylic acids is 1. The lowest BCUT2D eigenvalue weighted by atomic mass is 10.2. The number of aryl methyl sites for hydroxylation is 1. The summed E-state index contributed by atoms with van der Waals surface area (Å²) >= 11 is 0. The number of nitrogens with one attached hydrogen (secondary N) is 1. The maximum Gasteiger partial charge on any atom is 0.251 e. The number of imidazole rings is 1. The van der Waals surface area contributed by atoms with Crippen LogP contribution >= 0.6 is 0 Å². The second-order valence-electron chi connectivity index (χ2n) is 4.09. The number of amides is 1. The van der Waals surface area contributed by atoms with E-state index >= 15 is 0 Å². The van der Waals surface area contributed by atoms with Crippen molar-refractivity contribution in [1.29, 1.82) is 0 Å². The molecule has 0 spiro atoms. The normalized spacial score (nSPS) is 10.3. The largest absolute Gasteiger partial charge is 0.508 e. The van der Waals surface area contributed by atoms with Crippen molar-refractivity contribution in [3.63, 3.8) is 0 Å². The molecule has 5 nitrogen and oxygen atoms in total. The zero-order valence-electron chi connectivity index (χ0n) is 10.1. The monoisotopic (exact) mass is 245 g/mol. The topological polar surface area (TPSA) is 67.2 Å². The van der Waals surface area contributed by atoms with Crippen LogP contribution in [0.5, 0.6) is 5.75 Å². The third-order valence-corrected chi connectivity index (χ3v) is 2.53. The van der Waals surface area contributed by atoms with Gasteiger partial charge in [0.1, 0.15) is 5.75 Å². The highest BCUT2D eigenvalue weighted by molar-refractivity contribution is 5.94. The van der Waals surface area contributed by atoms with E-state index in [1.54, 1.807) is 18.5 Å². The fraction of sp³-hybridized carbons (Fsp3) is 0.231. The van der Waals surface area contributed by atoms with Gasteiger partial charge in [-0.1, -0.05) is 6.07 Å². The molecule has 1 heterocycles. The number of benzene rings is 1. The average molecular weight is 245 g/mol. The van der Waals surface area contributed by atoms with E-state index in [0.29, 0.717) is 18.5 Å². The molecular formula is C13H15N3O2. The second-order valence-corrected chi connectivity index (χ2v) is 4.09. The number of hydrogen-bond donors (Lipinski definition) is 2. The Bertz CT molecular complexity index is 549. The summed E-state index contributed by atoms with van der Waals surface area (Å²) in [6, 6.07) is 6.28. The minimum Gasteiger partial charge on any atom is -0.508 e. The molecule has 1 aromatic carbocycles. The molecule has 2 rings (SSSR count). The van der Waals surface area contributed by atoms with E-state index in [4.69, 9.17) is 0 Å². The van der Waals surface area contributed by atoms with Gasteiger partial charge in [-0.05, 0) is 18.2 Å². The van der Waals surface area contributed by atoms with Crippen molar-refractivity contribution >= 4 is 5.91 Å². The third kappa shape index (κ3) is 3.10. The van der Waals surface area contributed by atoms with E-state index < -0.39 is 0 Å². The highest BCUT2D eigenvalue weighted by Crippen LogP contribution is 2.10. The second kappa shape index (κ2) is 5.35. The van der Waals surface area contributed by atoms with Gasteiger partial charge in [0.05, 0.1) is 12.0 Å². The van der Waals surface area contributed by atoms with Gasteiger partial charge in [-0.25, -0.2) is 4.98 Å². The Kier molecular flexibility index (Phi) is 3.62. The molecular weight excluding hydrogens is 230 g/mol. The highest BCUT2D eigenvalue weighted by atomic mass is 16.3. The standard InChI is InChI=1S/C13H15N3O2/c1-16-8-11(15-9-16)5-6-14-13(18)10-3-2-4-12(17)7-10/h2-4,7-9,17H,5-6H2,1H3,(H,14,18). The van der Waals surface area contributed by atoms with Gasteiger partial charge in [0.15, 0.2) is 0 Å². The van der Waals surface area contributed by atoms with E-state index in [0.717, 1.165) is 5.69 Å². The molecule has 0 saturated carbocycles. The molecule has 0 unspecified atom stereocenters. The predicted molar refractivity (Wildman–Crippen MR) is 67.4 cm³/mol. The molecule has 0 bridgehead atoms. The van der Waals surface area contributed by atoms with Crippen LogP contribution < -0.4 is 5.32 Å². The van der Waals surface area contributed by atoms with Crippen molar-refractivity contribution in [1.82, 2.24) is 14.9 Å². The number of nitrogens with zero attached hydrogens (tertiary/aromatic N) is 2. The summed E-state index contributed by atoms with van der Waals surface area (Å²) in [7, 11) is 1.90. The van der Waals surface area contributed by atoms with E-state index in [1.807, 2.05) is 17.8 Å². The number of rotatable bonds is 4. The van der Waals surface area contributed by atoms with Crippen LogP contribution in [-0.2, 0) is 13.5 Å². The summed E-state index contributed by atoms with van der Waals surface area (Å²) in [6.07, 6.45) is 4.33. The third-order valence-electron chi connectivity index (χ3n) is 2.53. The molecule has 0 saturated heterocycles. The van der Waals surface area contributed by atoms with Gasteiger partial charge in [0.2, 0.25) is 0 Å².